The highest BCUT2D eigenvalue weighted by atomic mass is 16.3. The van der Waals surface area contributed by atoms with E-state index >= 15 is 0 Å². The van der Waals surface area contributed by atoms with Crippen LogP contribution in [-0.4, -0.2) is 44.6 Å². The number of aliphatic hydroxyl groups is 1. The summed E-state index contributed by atoms with van der Waals surface area (Å²) < 4.78 is 0. The van der Waals surface area contributed by atoms with Crippen LogP contribution >= 0.6 is 0 Å². The Bertz CT molecular complexity index is 392. The molecule has 17 heavy (non-hydrogen) atoms. The minimum Gasteiger partial charge on any atom is -0.390 e. The van der Waals surface area contributed by atoms with E-state index in [9.17, 15) is 9.90 Å². The van der Waals surface area contributed by atoms with Crippen LogP contribution in [0.1, 0.15) is 36.5 Å². The molecule has 0 bridgehead atoms. The van der Waals surface area contributed by atoms with Gasteiger partial charge in [0, 0.05) is 25.5 Å². The summed E-state index contributed by atoms with van der Waals surface area (Å²) >= 11 is 0. The predicted molar refractivity (Wildman–Crippen MR) is 62.4 cm³/mol. The van der Waals surface area contributed by atoms with Crippen LogP contribution in [-0.2, 0) is 0 Å². The van der Waals surface area contributed by atoms with Crippen molar-refractivity contribution in [3.05, 3.63) is 24.3 Å². The summed E-state index contributed by atoms with van der Waals surface area (Å²) in [4.78, 5) is 21.6. The van der Waals surface area contributed by atoms with Crippen molar-refractivity contribution in [1.29, 1.82) is 0 Å². The lowest BCUT2D eigenvalue weighted by Gasteiger charge is -2.22. The molecular weight excluding hydrogens is 218 g/mol. The van der Waals surface area contributed by atoms with Gasteiger partial charge in [-0.25, -0.2) is 9.97 Å². The van der Waals surface area contributed by atoms with Gasteiger partial charge >= 0.3 is 0 Å². The van der Waals surface area contributed by atoms with Crippen molar-refractivity contribution in [2.75, 3.05) is 13.1 Å². The highest BCUT2D eigenvalue weighted by molar-refractivity contribution is 5.93. The first-order chi connectivity index (χ1) is 8.08. The smallest absolute Gasteiger partial charge is 0.256 e. The molecule has 5 heteroatoms. The van der Waals surface area contributed by atoms with Gasteiger partial charge in [-0.05, 0) is 26.2 Å². The average molecular weight is 235 g/mol. The molecule has 0 spiro atoms. The first kappa shape index (κ1) is 12.0. The zero-order chi connectivity index (χ0) is 12.3. The molecule has 1 amide bonds. The Morgan fingerprint density at radius 2 is 2.06 bits per heavy atom. The van der Waals surface area contributed by atoms with Gasteiger partial charge in [0.1, 0.15) is 6.33 Å². The number of hydrogen-bond donors (Lipinski definition) is 1. The van der Waals surface area contributed by atoms with Crippen LogP contribution in [0.25, 0.3) is 0 Å². The normalized spacial score (nSPS) is 25.4. The third-order valence-corrected chi connectivity index (χ3v) is 3.16. The Morgan fingerprint density at radius 3 is 2.76 bits per heavy atom. The van der Waals surface area contributed by atoms with Gasteiger partial charge < -0.3 is 10.0 Å². The third kappa shape index (κ3) is 3.00. The molecular formula is C12H17N3O2. The molecule has 1 aromatic heterocycles. The van der Waals surface area contributed by atoms with Gasteiger partial charge in [0.2, 0.25) is 0 Å². The Morgan fingerprint density at radius 1 is 1.35 bits per heavy atom. The molecule has 1 aliphatic heterocycles. The average Bonchev–Trinajstić information content (AvgIpc) is 2.50. The number of likely N-dealkylation sites (tertiary alicyclic amines) is 1. The fourth-order valence-corrected chi connectivity index (χ4v) is 2.06. The van der Waals surface area contributed by atoms with Crippen molar-refractivity contribution in [2.45, 2.75) is 31.8 Å². The summed E-state index contributed by atoms with van der Waals surface area (Å²) in [5.74, 6) is -0.0525. The first-order valence-electron chi connectivity index (χ1n) is 5.85. The molecule has 0 radical (unpaired) electrons. The number of aromatic nitrogens is 2. The van der Waals surface area contributed by atoms with Crippen LogP contribution in [0.15, 0.2) is 18.7 Å². The fraction of sp³-hybridized carbons (Fsp3) is 0.583. The van der Waals surface area contributed by atoms with Crippen LogP contribution in [0.3, 0.4) is 0 Å². The molecule has 0 aliphatic carbocycles. The monoisotopic (exact) mass is 235 g/mol. The van der Waals surface area contributed by atoms with Gasteiger partial charge in [0.25, 0.3) is 5.91 Å². The fourth-order valence-electron chi connectivity index (χ4n) is 2.06. The number of carbonyl (C=O) groups is 1. The molecule has 1 fully saturated rings. The van der Waals surface area contributed by atoms with Gasteiger partial charge in [0.15, 0.2) is 0 Å². The van der Waals surface area contributed by atoms with Gasteiger partial charge in [-0.2, -0.15) is 0 Å². The molecule has 1 aliphatic rings. The van der Waals surface area contributed by atoms with Gasteiger partial charge in [-0.3, -0.25) is 4.79 Å². The summed E-state index contributed by atoms with van der Waals surface area (Å²) in [7, 11) is 0. The first-order valence-corrected chi connectivity index (χ1v) is 5.85. The van der Waals surface area contributed by atoms with Crippen molar-refractivity contribution in [3.8, 4) is 0 Å². The van der Waals surface area contributed by atoms with E-state index in [1.807, 2.05) is 6.92 Å². The van der Waals surface area contributed by atoms with Gasteiger partial charge in [0.05, 0.1) is 11.2 Å². The Hall–Kier alpha value is -1.49. The number of amides is 1. The molecule has 92 valence electrons. The van der Waals surface area contributed by atoms with E-state index in [-0.39, 0.29) is 5.91 Å². The summed E-state index contributed by atoms with van der Waals surface area (Å²) in [6.07, 6.45) is 6.64. The second kappa shape index (κ2) is 4.79. The van der Waals surface area contributed by atoms with Gasteiger partial charge in [-0.1, -0.05) is 0 Å². The molecule has 1 unspecified atom stereocenters. The molecule has 0 aromatic carbocycles. The van der Waals surface area contributed by atoms with E-state index in [0.717, 1.165) is 12.8 Å². The number of carbonyl (C=O) groups excluding carboxylic acids is 1. The second-order valence-corrected chi connectivity index (χ2v) is 4.77. The molecule has 1 atom stereocenters. The molecule has 5 nitrogen and oxygen atoms in total. The minimum absolute atomic E-state index is 0.0525. The number of nitrogens with zero attached hydrogens (tertiary/aromatic N) is 3. The quantitative estimate of drug-likeness (QED) is 0.783. The highest BCUT2D eigenvalue weighted by Gasteiger charge is 2.27. The molecule has 1 aromatic rings. The van der Waals surface area contributed by atoms with Crippen LogP contribution in [0.2, 0.25) is 0 Å². The molecule has 0 saturated carbocycles. The summed E-state index contributed by atoms with van der Waals surface area (Å²) in [5, 5.41) is 9.96. The number of hydrogen-bond acceptors (Lipinski definition) is 4. The van der Waals surface area contributed by atoms with Crippen LogP contribution in [0.4, 0.5) is 0 Å². The lowest BCUT2D eigenvalue weighted by Crippen LogP contribution is -2.33. The van der Waals surface area contributed by atoms with Crippen molar-refractivity contribution in [1.82, 2.24) is 14.9 Å². The lowest BCUT2D eigenvalue weighted by atomic mass is 9.98. The van der Waals surface area contributed by atoms with E-state index in [1.54, 1.807) is 4.90 Å². The van der Waals surface area contributed by atoms with E-state index in [2.05, 4.69) is 9.97 Å². The number of rotatable bonds is 1. The van der Waals surface area contributed by atoms with Crippen molar-refractivity contribution in [2.24, 2.45) is 0 Å². The van der Waals surface area contributed by atoms with Crippen molar-refractivity contribution < 1.29 is 9.90 Å². The SMILES string of the molecule is CC1(O)CCCN(C(=O)c2cncnc2)CC1. The maximum atomic E-state index is 12.1. The minimum atomic E-state index is -0.651. The van der Waals surface area contributed by atoms with E-state index in [1.165, 1.54) is 18.7 Å². The Labute approximate surface area is 100 Å². The predicted octanol–water partition coefficient (Wildman–Crippen LogP) is 0.854. The standard InChI is InChI=1S/C12H17N3O2/c1-12(17)3-2-5-15(6-4-12)11(16)10-7-13-9-14-8-10/h7-9,17H,2-6H2,1H3. The maximum Gasteiger partial charge on any atom is 0.256 e. The molecule has 1 saturated heterocycles. The van der Waals surface area contributed by atoms with Crippen LogP contribution in [0.5, 0.6) is 0 Å². The van der Waals surface area contributed by atoms with E-state index < -0.39 is 5.60 Å². The van der Waals surface area contributed by atoms with E-state index in [4.69, 9.17) is 0 Å². The van der Waals surface area contributed by atoms with Crippen LogP contribution < -0.4 is 0 Å². The lowest BCUT2D eigenvalue weighted by molar-refractivity contribution is 0.0438. The molecule has 1 N–H and O–H groups in total. The topological polar surface area (TPSA) is 66.3 Å². The van der Waals surface area contributed by atoms with Crippen LogP contribution in [0, 0.1) is 0 Å². The maximum absolute atomic E-state index is 12.1. The summed E-state index contributed by atoms with van der Waals surface area (Å²) in [5.41, 5.74) is -0.142. The van der Waals surface area contributed by atoms with Crippen molar-refractivity contribution >= 4 is 5.91 Å². The highest BCUT2D eigenvalue weighted by Crippen LogP contribution is 2.22. The van der Waals surface area contributed by atoms with E-state index in [0.29, 0.717) is 25.1 Å². The van der Waals surface area contributed by atoms with Gasteiger partial charge in [-0.15, -0.1) is 0 Å². The Kier molecular flexibility index (Phi) is 3.38. The zero-order valence-corrected chi connectivity index (χ0v) is 9.96. The summed E-state index contributed by atoms with van der Waals surface area (Å²) in [6, 6.07) is 0. The van der Waals surface area contributed by atoms with Crippen molar-refractivity contribution in [3.63, 3.8) is 0 Å². The molecule has 2 rings (SSSR count). The largest absolute Gasteiger partial charge is 0.390 e. The second-order valence-electron chi connectivity index (χ2n) is 4.77. The zero-order valence-electron chi connectivity index (χ0n) is 9.96. The summed E-state index contributed by atoms with van der Waals surface area (Å²) in [6.45, 7) is 3.09. The third-order valence-electron chi connectivity index (χ3n) is 3.16. The Balaban J connectivity index is 2.06. The molecule has 2 heterocycles.